The van der Waals surface area contributed by atoms with Crippen molar-refractivity contribution < 1.29 is 9.18 Å². The molecule has 0 aliphatic carbocycles. The van der Waals surface area contributed by atoms with E-state index in [0.717, 1.165) is 5.56 Å². The lowest BCUT2D eigenvalue weighted by molar-refractivity contribution is 0.102. The zero-order chi connectivity index (χ0) is 15.7. The number of nitrogens with one attached hydrogen (secondary N) is 2. The molecule has 0 fully saturated rings. The molecule has 2 aromatic carbocycles. The first-order valence-corrected chi connectivity index (χ1v) is 6.74. The first kappa shape index (κ1) is 14.0. The average Bonchev–Trinajstić information content (AvgIpc) is 2.51. The molecule has 110 valence electrons. The van der Waals surface area contributed by atoms with Crippen molar-refractivity contribution in [2.45, 2.75) is 6.92 Å². The molecule has 4 nitrogen and oxygen atoms in total. The first-order chi connectivity index (χ1) is 10.5. The van der Waals surface area contributed by atoms with E-state index in [9.17, 15) is 14.0 Å². The van der Waals surface area contributed by atoms with E-state index in [1.807, 2.05) is 0 Å². The van der Waals surface area contributed by atoms with Crippen molar-refractivity contribution in [3.05, 3.63) is 76.0 Å². The molecule has 22 heavy (non-hydrogen) atoms. The van der Waals surface area contributed by atoms with E-state index in [4.69, 9.17) is 0 Å². The SMILES string of the molecule is Cc1ccc(F)cc1NC(=O)c1cc2ccccc2c(=O)[nH]1. The zero-order valence-corrected chi connectivity index (χ0v) is 11.8. The van der Waals surface area contributed by atoms with Gasteiger partial charge in [0.25, 0.3) is 11.5 Å². The fraction of sp³-hybridized carbons (Fsp3) is 0.0588. The molecular weight excluding hydrogens is 283 g/mol. The van der Waals surface area contributed by atoms with Gasteiger partial charge in [-0.3, -0.25) is 9.59 Å². The van der Waals surface area contributed by atoms with Crippen molar-refractivity contribution in [3.8, 4) is 0 Å². The van der Waals surface area contributed by atoms with Gasteiger partial charge in [-0.05, 0) is 42.1 Å². The maximum absolute atomic E-state index is 13.3. The van der Waals surface area contributed by atoms with Crippen LogP contribution in [0.1, 0.15) is 16.1 Å². The number of amides is 1. The van der Waals surface area contributed by atoms with Crippen LogP contribution in [0.5, 0.6) is 0 Å². The highest BCUT2D eigenvalue weighted by Gasteiger charge is 2.11. The molecule has 5 heteroatoms. The summed E-state index contributed by atoms with van der Waals surface area (Å²) in [6.45, 7) is 1.76. The monoisotopic (exact) mass is 296 g/mol. The summed E-state index contributed by atoms with van der Waals surface area (Å²) in [5.74, 6) is -0.926. The number of aromatic amines is 1. The molecule has 0 saturated carbocycles. The third kappa shape index (κ3) is 2.61. The summed E-state index contributed by atoms with van der Waals surface area (Å²) in [5.41, 5.74) is 0.906. The van der Waals surface area contributed by atoms with Gasteiger partial charge in [0.05, 0.1) is 0 Å². The Labute approximate surface area is 125 Å². The van der Waals surface area contributed by atoms with Crippen LogP contribution in [0.4, 0.5) is 10.1 Å². The lowest BCUT2D eigenvalue weighted by atomic mass is 10.1. The van der Waals surface area contributed by atoms with E-state index in [2.05, 4.69) is 10.3 Å². The van der Waals surface area contributed by atoms with E-state index in [-0.39, 0.29) is 11.3 Å². The second-order valence-corrected chi connectivity index (χ2v) is 5.01. The summed E-state index contributed by atoms with van der Waals surface area (Å²) in [4.78, 5) is 26.8. The minimum absolute atomic E-state index is 0.132. The number of rotatable bonds is 2. The number of anilines is 1. The number of hydrogen-bond donors (Lipinski definition) is 2. The van der Waals surface area contributed by atoms with Gasteiger partial charge < -0.3 is 10.3 Å². The number of benzene rings is 2. The van der Waals surface area contributed by atoms with Crippen LogP contribution in [-0.2, 0) is 0 Å². The second kappa shape index (κ2) is 5.44. The Morgan fingerprint density at radius 1 is 1.14 bits per heavy atom. The fourth-order valence-corrected chi connectivity index (χ4v) is 2.25. The van der Waals surface area contributed by atoms with E-state index in [0.29, 0.717) is 16.5 Å². The van der Waals surface area contributed by atoms with Gasteiger partial charge >= 0.3 is 0 Å². The molecule has 3 aromatic rings. The molecule has 0 aliphatic rings. The number of aromatic nitrogens is 1. The van der Waals surface area contributed by atoms with Crippen molar-refractivity contribution in [1.82, 2.24) is 4.98 Å². The quantitative estimate of drug-likeness (QED) is 0.762. The van der Waals surface area contributed by atoms with E-state index in [1.54, 1.807) is 43.3 Å². The number of hydrogen-bond acceptors (Lipinski definition) is 2. The van der Waals surface area contributed by atoms with Gasteiger partial charge in [-0.1, -0.05) is 24.3 Å². The Morgan fingerprint density at radius 2 is 1.91 bits per heavy atom. The molecule has 1 aromatic heterocycles. The van der Waals surface area contributed by atoms with Crippen LogP contribution in [-0.4, -0.2) is 10.9 Å². The van der Waals surface area contributed by atoms with Crippen LogP contribution in [0.2, 0.25) is 0 Å². The number of H-pyrrole nitrogens is 1. The molecule has 0 spiro atoms. The number of carbonyl (C=O) groups is 1. The third-order valence-corrected chi connectivity index (χ3v) is 3.45. The third-order valence-electron chi connectivity index (χ3n) is 3.45. The second-order valence-electron chi connectivity index (χ2n) is 5.01. The van der Waals surface area contributed by atoms with Gasteiger partial charge in [0, 0.05) is 11.1 Å². The Balaban J connectivity index is 1.99. The molecule has 1 heterocycles. The molecule has 1 amide bonds. The van der Waals surface area contributed by atoms with Crippen LogP contribution < -0.4 is 10.9 Å². The van der Waals surface area contributed by atoms with Crippen LogP contribution in [0.25, 0.3) is 10.8 Å². The van der Waals surface area contributed by atoms with E-state index in [1.165, 1.54) is 12.1 Å². The van der Waals surface area contributed by atoms with Crippen LogP contribution in [0.15, 0.2) is 53.3 Å². The molecule has 2 N–H and O–H groups in total. The largest absolute Gasteiger partial charge is 0.320 e. The average molecular weight is 296 g/mol. The summed E-state index contributed by atoms with van der Waals surface area (Å²) >= 11 is 0. The Bertz CT molecular complexity index is 931. The summed E-state index contributed by atoms with van der Waals surface area (Å²) < 4.78 is 13.3. The zero-order valence-electron chi connectivity index (χ0n) is 11.8. The molecule has 3 rings (SSSR count). The number of carbonyl (C=O) groups excluding carboxylic acids is 1. The van der Waals surface area contributed by atoms with Gasteiger partial charge in [-0.25, -0.2) is 4.39 Å². The molecular formula is C17H13FN2O2. The Kier molecular flexibility index (Phi) is 3.47. The summed E-state index contributed by atoms with van der Waals surface area (Å²) in [5, 5.41) is 3.80. The van der Waals surface area contributed by atoms with Crippen molar-refractivity contribution in [3.63, 3.8) is 0 Å². The topological polar surface area (TPSA) is 62.0 Å². The van der Waals surface area contributed by atoms with Gasteiger partial charge in [0.15, 0.2) is 0 Å². The molecule has 0 atom stereocenters. The summed E-state index contributed by atoms with van der Waals surface area (Å²) in [7, 11) is 0. The summed E-state index contributed by atoms with van der Waals surface area (Å²) in [6.07, 6.45) is 0. The van der Waals surface area contributed by atoms with Crippen molar-refractivity contribution in [2.75, 3.05) is 5.32 Å². The van der Waals surface area contributed by atoms with Crippen molar-refractivity contribution >= 4 is 22.4 Å². The first-order valence-electron chi connectivity index (χ1n) is 6.74. The van der Waals surface area contributed by atoms with Gasteiger partial charge in [0.1, 0.15) is 11.5 Å². The van der Waals surface area contributed by atoms with E-state index >= 15 is 0 Å². The normalized spacial score (nSPS) is 10.6. The smallest absolute Gasteiger partial charge is 0.272 e. The van der Waals surface area contributed by atoms with Gasteiger partial charge in [-0.15, -0.1) is 0 Å². The van der Waals surface area contributed by atoms with Crippen molar-refractivity contribution in [1.29, 1.82) is 0 Å². The van der Waals surface area contributed by atoms with E-state index < -0.39 is 11.7 Å². The van der Waals surface area contributed by atoms with Crippen LogP contribution in [0, 0.1) is 12.7 Å². The number of halogens is 1. The lowest BCUT2D eigenvalue weighted by Crippen LogP contribution is -2.19. The highest BCUT2D eigenvalue weighted by atomic mass is 19.1. The number of pyridine rings is 1. The molecule has 0 bridgehead atoms. The van der Waals surface area contributed by atoms with Gasteiger partial charge in [-0.2, -0.15) is 0 Å². The molecule has 0 saturated heterocycles. The Hall–Kier alpha value is -2.95. The minimum atomic E-state index is -0.489. The predicted molar refractivity (Wildman–Crippen MR) is 83.7 cm³/mol. The van der Waals surface area contributed by atoms with Gasteiger partial charge in [0.2, 0.25) is 0 Å². The molecule has 0 radical (unpaired) electrons. The molecule has 0 aliphatic heterocycles. The standard InChI is InChI=1S/C17H13FN2O2/c1-10-6-7-12(18)9-14(10)19-17(22)15-8-11-4-2-3-5-13(11)16(21)20-15/h2-9H,1H3,(H,19,22)(H,20,21). The van der Waals surface area contributed by atoms with Crippen LogP contribution >= 0.6 is 0 Å². The predicted octanol–water partition coefficient (Wildman–Crippen LogP) is 3.23. The maximum Gasteiger partial charge on any atom is 0.272 e. The van der Waals surface area contributed by atoms with Crippen molar-refractivity contribution in [2.24, 2.45) is 0 Å². The minimum Gasteiger partial charge on any atom is -0.320 e. The Morgan fingerprint density at radius 3 is 2.73 bits per heavy atom. The fourth-order valence-electron chi connectivity index (χ4n) is 2.25. The number of fused-ring (bicyclic) bond motifs is 1. The highest BCUT2D eigenvalue weighted by Crippen LogP contribution is 2.17. The number of aryl methyl sites for hydroxylation is 1. The van der Waals surface area contributed by atoms with Crippen LogP contribution in [0.3, 0.4) is 0 Å². The lowest BCUT2D eigenvalue weighted by Gasteiger charge is -2.09. The maximum atomic E-state index is 13.3. The molecule has 0 unspecified atom stereocenters. The summed E-state index contributed by atoms with van der Waals surface area (Å²) in [6, 6.07) is 12.7. The highest BCUT2D eigenvalue weighted by molar-refractivity contribution is 6.05.